The van der Waals surface area contributed by atoms with Gasteiger partial charge in [-0.1, -0.05) is 6.07 Å². The lowest BCUT2D eigenvalue weighted by Crippen LogP contribution is -2.50. The van der Waals surface area contributed by atoms with Gasteiger partial charge < -0.3 is 22.1 Å². The van der Waals surface area contributed by atoms with Crippen molar-refractivity contribution in [2.24, 2.45) is 16.5 Å². The van der Waals surface area contributed by atoms with Crippen LogP contribution in [-0.2, 0) is 0 Å². The first kappa shape index (κ1) is 22.4. The molecule has 0 aliphatic heterocycles. The molecular weight excluding hydrogens is 383 g/mol. The standard InChI is InChI=1S/C20H24F3N5O/c1-11(2)26-20(28-19(29)12-4-3-5-14(21)6-12)27-18(25)10-17(24)13-7-15(22)9-16(23)8-13/h3-9,11,17-18H,10,24-25H2,1-2H3,(H2,26,27,28,29). The van der Waals surface area contributed by atoms with Gasteiger partial charge in [-0.2, -0.15) is 4.99 Å². The first-order valence-corrected chi connectivity index (χ1v) is 9.03. The average molecular weight is 407 g/mol. The fraction of sp³-hybridized carbons (Fsp3) is 0.300. The zero-order valence-corrected chi connectivity index (χ0v) is 16.1. The number of carbonyl (C=O) groups is 1. The molecular formula is C20H24F3N5O. The highest BCUT2D eigenvalue weighted by atomic mass is 19.1. The number of nitrogens with two attached hydrogens (primary N) is 2. The third-order valence-electron chi connectivity index (χ3n) is 3.85. The maximum atomic E-state index is 13.4. The van der Waals surface area contributed by atoms with Gasteiger partial charge in [0.1, 0.15) is 17.5 Å². The molecule has 9 heteroatoms. The predicted octanol–water partition coefficient (Wildman–Crippen LogP) is 2.56. The highest BCUT2D eigenvalue weighted by Gasteiger charge is 2.16. The van der Waals surface area contributed by atoms with Gasteiger partial charge >= 0.3 is 0 Å². The molecule has 0 saturated heterocycles. The number of carbonyl (C=O) groups excluding carboxylic acids is 1. The number of guanidine groups is 1. The van der Waals surface area contributed by atoms with Crippen LogP contribution in [0.2, 0.25) is 0 Å². The van der Waals surface area contributed by atoms with E-state index in [1.807, 2.05) is 13.8 Å². The molecule has 0 aliphatic carbocycles. The molecule has 2 aromatic carbocycles. The highest BCUT2D eigenvalue weighted by Crippen LogP contribution is 2.17. The summed E-state index contributed by atoms with van der Waals surface area (Å²) in [5, 5.41) is 5.77. The van der Waals surface area contributed by atoms with Gasteiger partial charge in [0.25, 0.3) is 5.91 Å². The minimum absolute atomic E-state index is 0.0790. The summed E-state index contributed by atoms with van der Waals surface area (Å²) in [7, 11) is 0. The molecule has 0 aromatic heterocycles. The largest absolute Gasteiger partial charge is 0.354 e. The van der Waals surface area contributed by atoms with Gasteiger partial charge in [0.15, 0.2) is 0 Å². The highest BCUT2D eigenvalue weighted by molar-refractivity contribution is 6.02. The van der Waals surface area contributed by atoms with Crippen LogP contribution in [0.4, 0.5) is 13.2 Å². The predicted molar refractivity (Wildman–Crippen MR) is 105 cm³/mol. The van der Waals surface area contributed by atoms with Crippen molar-refractivity contribution in [1.29, 1.82) is 0 Å². The number of nitrogens with one attached hydrogen (secondary N) is 2. The monoisotopic (exact) mass is 407 g/mol. The van der Waals surface area contributed by atoms with E-state index in [0.29, 0.717) is 0 Å². The van der Waals surface area contributed by atoms with Crippen molar-refractivity contribution in [3.8, 4) is 0 Å². The van der Waals surface area contributed by atoms with Gasteiger partial charge in [-0.3, -0.25) is 4.79 Å². The summed E-state index contributed by atoms with van der Waals surface area (Å²) in [5.74, 6) is -2.60. The minimum atomic E-state index is -0.776. The fourth-order valence-corrected chi connectivity index (χ4v) is 2.60. The maximum absolute atomic E-state index is 13.4. The van der Waals surface area contributed by atoms with E-state index in [-0.39, 0.29) is 29.5 Å². The molecule has 6 N–H and O–H groups in total. The molecule has 2 unspecified atom stereocenters. The van der Waals surface area contributed by atoms with Gasteiger partial charge in [0.05, 0.1) is 6.17 Å². The Bertz CT molecular complexity index is 868. The normalized spacial score (nSPS) is 13.9. The third kappa shape index (κ3) is 7.20. The van der Waals surface area contributed by atoms with Crippen LogP contribution in [0.1, 0.15) is 42.2 Å². The van der Waals surface area contributed by atoms with Crippen LogP contribution in [-0.4, -0.2) is 24.1 Å². The number of hydrogen-bond acceptors (Lipinski definition) is 3. The molecule has 0 spiro atoms. The van der Waals surface area contributed by atoms with E-state index < -0.39 is 35.6 Å². The molecule has 0 fully saturated rings. The van der Waals surface area contributed by atoms with E-state index in [2.05, 4.69) is 15.6 Å². The summed E-state index contributed by atoms with van der Waals surface area (Å²) < 4.78 is 40.1. The number of hydrogen-bond donors (Lipinski definition) is 4. The van der Waals surface area contributed by atoms with E-state index in [9.17, 15) is 18.0 Å². The number of rotatable bonds is 6. The van der Waals surface area contributed by atoms with Gasteiger partial charge in [0.2, 0.25) is 5.96 Å². The molecule has 0 radical (unpaired) electrons. The average Bonchev–Trinajstić information content (AvgIpc) is 2.60. The smallest absolute Gasteiger partial charge is 0.280 e. The third-order valence-corrected chi connectivity index (χ3v) is 3.85. The van der Waals surface area contributed by atoms with Crippen molar-refractivity contribution >= 4 is 11.9 Å². The Hall–Kier alpha value is -2.91. The SMILES string of the molecule is CC(C)N/C(=N/C(=O)c1cccc(F)c1)NC(N)CC(N)c1cc(F)cc(F)c1. The van der Waals surface area contributed by atoms with Gasteiger partial charge in [-0.15, -0.1) is 0 Å². The van der Waals surface area contributed by atoms with Gasteiger partial charge in [-0.25, -0.2) is 13.2 Å². The first-order valence-electron chi connectivity index (χ1n) is 9.03. The lowest BCUT2D eigenvalue weighted by Gasteiger charge is -2.22. The van der Waals surface area contributed by atoms with Crippen molar-refractivity contribution in [2.75, 3.05) is 0 Å². The maximum Gasteiger partial charge on any atom is 0.280 e. The Morgan fingerprint density at radius 3 is 2.24 bits per heavy atom. The minimum Gasteiger partial charge on any atom is -0.354 e. The lowest BCUT2D eigenvalue weighted by molar-refractivity contribution is 0.100. The van der Waals surface area contributed by atoms with Crippen molar-refractivity contribution in [1.82, 2.24) is 10.6 Å². The van der Waals surface area contributed by atoms with Crippen LogP contribution in [0, 0.1) is 17.5 Å². The zero-order valence-electron chi connectivity index (χ0n) is 16.1. The van der Waals surface area contributed by atoms with Crippen LogP contribution >= 0.6 is 0 Å². The van der Waals surface area contributed by atoms with Crippen molar-refractivity contribution < 1.29 is 18.0 Å². The van der Waals surface area contributed by atoms with Crippen LogP contribution in [0.15, 0.2) is 47.5 Å². The Morgan fingerprint density at radius 2 is 1.66 bits per heavy atom. The quantitative estimate of drug-likeness (QED) is 0.335. The fourth-order valence-electron chi connectivity index (χ4n) is 2.60. The molecule has 2 rings (SSSR count). The van der Waals surface area contributed by atoms with Crippen LogP contribution < -0.4 is 22.1 Å². The molecule has 6 nitrogen and oxygen atoms in total. The second-order valence-electron chi connectivity index (χ2n) is 6.87. The van der Waals surface area contributed by atoms with Crippen LogP contribution in [0.25, 0.3) is 0 Å². The Balaban J connectivity index is 2.11. The number of amides is 1. The number of halogens is 3. The molecule has 1 amide bonds. The summed E-state index contributed by atoms with van der Waals surface area (Å²) in [6.45, 7) is 3.66. The van der Waals surface area contributed by atoms with Gasteiger partial charge in [0, 0.05) is 23.7 Å². The Labute approximate surface area is 167 Å². The van der Waals surface area contributed by atoms with E-state index in [1.54, 1.807) is 0 Å². The Morgan fingerprint density at radius 1 is 1.00 bits per heavy atom. The molecule has 29 heavy (non-hydrogen) atoms. The second kappa shape index (κ2) is 10.0. The van der Waals surface area contributed by atoms with Crippen LogP contribution in [0.3, 0.4) is 0 Å². The summed E-state index contributed by atoms with van der Waals surface area (Å²) in [6.07, 6.45) is -0.669. The van der Waals surface area contributed by atoms with E-state index in [4.69, 9.17) is 11.5 Å². The summed E-state index contributed by atoms with van der Waals surface area (Å²) in [4.78, 5) is 16.2. The van der Waals surface area contributed by atoms with E-state index in [1.165, 1.54) is 18.2 Å². The second-order valence-corrected chi connectivity index (χ2v) is 6.87. The summed E-state index contributed by atoms with van der Waals surface area (Å²) >= 11 is 0. The van der Waals surface area contributed by atoms with E-state index >= 15 is 0 Å². The molecule has 0 aliphatic rings. The Kier molecular flexibility index (Phi) is 7.74. The molecule has 2 atom stereocenters. The molecule has 2 aromatic rings. The number of benzene rings is 2. The van der Waals surface area contributed by atoms with Crippen molar-refractivity contribution in [2.45, 2.75) is 38.5 Å². The topological polar surface area (TPSA) is 106 Å². The number of aliphatic imine (C=N–C) groups is 1. The number of nitrogens with zero attached hydrogens (tertiary/aromatic N) is 1. The zero-order chi connectivity index (χ0) is 21.6. The van der Waals surface area contributed by atoms with E-state index in [0.717, 1.165) is 24.3 Å². The molecule has 0 saturated carbocycles. The van der Waals surface area contributed by atoms with Crippen LogP contribution in [0.5, 0.6) is 0 Å². The molecule has 0 heterocycles. The molecule has 0 bridgehead atoms. The first-order chi connectivity index (χ1) is 13.6. The van der Waals surface area contributed by atoms with Crippen molar-refractivity contribution in [3.63, 3.8) is 0 Å². The summed E-state index contributed by atoms with van der Waals surface area (Å²) in [5.41, 5.74) is 12.4. The summed E-state index contributed by atoms with van der Waals surface area (Å²) in [6, 6.07) is 7.34. The lowest BCUT2D eigenvalue weighted by atomic mass is 10.0. The van der Waals surface area contributed by atoms with Gasteiger partial charge in [-0.05, 0) is 56.2 Å². The molecule has 156 valence electrons. The van der Waals surface area contributed by atoms with Crippen molar-refractivity contribution in [3.05, 3.63) is 71.0 Å².